The number of nitrogens with zero attached hydrogens (tertiary/aromatic N) is 5. The molecule has 1 N–H and O–H groups in total. The number of ether oxygens (including phenoxy) is 1. The van der Waals surface area contributed by atoms with E-state index in [0.29, 0.717) is 42.6 Å². The fraction of sp³-hybridized carbons (Fsp3) is 0.294. The molecule has 3 aromatic rings. The molecular weight excluding hydrogens is 338 g/mol. The van der Waals surface area contributed by atoms with Gasteiger partial charge in [-0.05, 0) is 24.3 Å². The lowest BCUT2D eigenvalue weighted by molar-refractivity contribution is 0.125. The van der Waals surface area contributed by atoms with E-state index in [2.05, 4.69) is 15.0 Å². The van der Waals surface area contributed by atoms with Gasteiger partial charge in [-0.25, -0.2) is 9.78 Å². The van der Waals surface area contributed by atoms with Gasteiger partial charge >= 0.3 is 6.09 Å². The zero-order valence-electron chi connectivity index (χ0n) is 13.9. The molecule has 4 heterocycles. The van der Waals surface area contributed by atoms with E-state index in [1.165, 1.54) is 4.90 Å². The van der Waals surface area contributed by atoms with Gasteiger partial charge in [0.25, 0.3) is 6.01 Å². The number of pyridine rings is 2. The lowest BCUT2D eigenvalue weighted by atomic mass is 10.2. The normalized spacial score (nSPS) is 17.5. The van der Waals surface area contributed by atoms with Gasteiger partial charge in [-0.3, -0.25) is 4.98 Å². The Morgan fingerprint density at radius 2 is 2.19 bits per heavy atom. The van der Waals surface area contributed by atoms with Crippen molar-refractivity contribution in [1.29, 1.82) is 0 Å². The zero-order chi connectivity index (χ0) is 17.9. The van der Waals surface area contributed by atoms with Crippen LogP contribution in [0.4, 0.5) is 10.8 Å². The molecule has 3 aromatic heterocycles. The predicted octanol–water partition coefficient (Wildman–Crippen LogP) is 1.87. The number of carbonyl (C=O) groups is 1. The molecule has 1 fully saturated rings. The number of carboxylic acid groups (broad SMARTS) is 1. The second kappa shape index (κ2) is 6.87. The van der Waals surface area contributed by atoms with E-state index in [9.17, 15) is 9.90 Å². The summed E-state index contributed by atoms with van der Waals surface area (Å²) in [6, 6.07) is 7.34. The molecule has 1 atom stereocenters. The van der Waals surface area contributed by atoms with E-state index in [1.807, 2.05) is 4.90 Å². The van der Waals surface area contributed by atoms with Crippen LogP contribution in [-0.2, 0) is 0 Å². The summed E-state index contributed by atoms with van der Waals surface area (Å²) in [4.78, 5) is 27.3. The van der Waals surface area contributed by atoms with Gasteiger partial charge in [-0.1, -0.05) is 0 Å². The number of piperazine rings is 1. The molecule has 0 aliphatic carbocycles. The highest BCUT2D eigenvalue weighted by molar-refractivity contribution is 5.70. The molecular formula is C17H17N5O4. The minimum absolute atomic E-state index is 0.242. The third kappa shape index (κ3) is 3.23. The predicted molar refractivity (Wildman–Crippen MR) is 92.3 cm³/mol. The van der Waals surface area contributed by atoms with Gasteiger partial charge in [0.15, 0.2) is 5.58 Å². The molecule has 1 unspecified atom stereocenters. The maximum absolute atomic E-state index is 11.4. The lowest BCUT2D eigenvalue weighted by Crippen LogP contribution is -2.57. The summed E-state index contributed by atoms with van der Waals surface area (Å²) in [5.74, 6) is 0.624. The van der Waals surface area contributed by atoms with Crippen LogP contribution in [-0.4, -0.2) is 63.3 Å². The number of hydrogen-bond acceptors (Lipinski definition) is 7. The molecule has 0 saturated carbocycles. The van der Waals surface area contributed by atoms with Crippen molar-refractivity contribution in [3.05, 3.63) is 42.9 Å². The Balaban J connectivity index is 1.57. The van der Waals surface area contributed by atoms with Crippen molar-refractivity contribution in [1.82, 2.24) is 19.9 Å². The van der Waals surface area contributed by atoms with Crippen molar-refractivity contribution in [2.24, 2.45) is 0 Å². The molecule has 1 aliphatic rings. The average Bonchev–Trinajstić information content (AvgIpc) is 3.11. The highest BCUT2D eigenvalue weighted by atomic mass is 16.5. The van der Waals surface area contributed by atoms with Crippen LogP contribution in [0.25, 0.3) is 11.2 Å². The summed E-state index contributed by atoms with van der Waals surface area (Å²) in [5.41, 5.74) is 1.12. The van der Waals surface area contributed by atoms with E-state index in [-0.39, 0.29) is 12.6 Å². The Morgan fingerprint density at radius 1 is 1.31 bits per heavy atom. The van der Waals surface area contributed by atoms with Gasteiger partial charge < -0.3 is 24.1 Å². The molecule has 1 amide bonds. The SMILES string of the molecule is O=C(O)N1CCN(c2nc3ncccc3o2)C(COc2cccnc2)C1. The molecule has 0 radical (unpaired) electrons. The van der Waals surface area contributed by atoms with Crippen molar-refractivity contribution in [2.75, 3.05) is 31.1 Å². The second-order valence-electron chi connectivity index (χ2n) is 5.90. The molecule has 134 valence electrons. The van der Waals surface area contributed by atoms with Crippen LogP contribution in [0.2, 0.25) is 0 Å². The Hall–Kier alpha value is -3.36. The summed E-state index contributed by atoms with van der Waals surface area (Å²) in [5, 5.41) is 9.32. The standard InChI is InChI=1S/C17H17N5O4/c23-17(24)21-7-8-22(16-20-15-14(26-16)4-2-6-19-15)12(10-21)11-25-13-3-1-5-18-9-13/h1-6,9,12H,7-8,10-11H2,(H,23,24). The first-order chi connectivity index (χ1) is 12.7. The summed E-state index contributed by atoms with van der Waals surface area (Å²) in [6.07, 6.45) is 3.98. The van der Waals surface area contributed by atoms with E-state index in [0.717, 1.165) is 0 Å². The van der Waals surface area contributed by atoms with Crippen LogP contribution in [0.15, 0.2) is 47.3 Å². The van der Waals surface area contributed by atoms with Crippen LogP contribution in [0.3, 0.4) is 0 Å². The number of rotatable bonds is 4. The van der Waals surface area contributed by atoms with Crippen molar-refractivity contribution in [3.63, 3.8) is 0 Å². The minimum atomic E-state index is -0.949. The van der Waals surface area contributed by atoms with Gasteiger partial charge in [-0.15, -0.1) is 0 Å². The summed E-state index contributed by atoms with van der Waals surface area (Å²) in [7, 11) is 0. The van der Waals surface area contributed by atoms with Gasteiger partial charge in [-0.2, -0.15) is 4.98 Å². The Bertz CT molecular complexity index is 867. The Morgan fingerprint density at radius 3 is 2.96 bits per heavy atom. The molecule has 1 saturated heterocycles. The number of hydrogen-bond donors (Lipinski definition) is 1. The largest absolute Gasteiger partial charge is 0.490 e. The third-order valence-corrected chi connectivity index (χ3v) is 4.23. The molecule has 0 bridgehead atoms. The zero-order valence-corrected chi connectivity index (χ0v) is 13.9. The van der Waals surface area contributed by atoms with Crippen molar-refractivity contribution < 1.29 is 19.1 Å². The quantitative estimate of drug-likeness (QED) is 0.756. The summed E-state index contributed by atoms with van der Waals surface area (Å²) in [6.45, 7) is 1.40. The fourth-order valence-corrected chi connectivity index (χ4v) is 2.93. The number of oxazole rings is 1. The van der Waals surface area contributed by atoms with Gasteiger partial charge in [0, 0.05) is 32.0 Å². The first-order valence-corrected chi connectivity index (χ1v) is 8.19. The van der Waals surface area contributed by atoms with Crippen LogP contribution in [0, 0.1) is 0 Å². The van der Waals surface area contributed by atoms with E-state index >= 15 is 0 Å². The molecule has 0 spiro atoms. The summed E-state index contributed by atoms with van der Waals surface area (Å²) < 4.78 is 11.6. The number of anilines is 1. The second-order valence-corrected chi connectivity index (χ2v) is 5.90. The first-order valence-electron chi connectivity index (χ1n) is 8.19. The fourth-order valence-electron chi connectivity index (χ4n) is 2.93. The lowest BCUT2D eigenvalue weighted by Gasteiger charge is -2.39. The number of amides is 1. The van der Waals surface area contributed by atoms with Crippen molar-refractivity contribution in [2.45, 2.75) is 6.04 Å². The van der Waals surface area contributed by atoms with E-state index < -0.39 is 6.09 Å². The van der Waals surface area contributed by atoms with Crippen LogP contribution in [0.5, 0.6) is 5.75 Å². The molecule has 9 heteroatoms. The Labute approximate surface area is 148 Å². The van der Waals surface area contributed by atoms with E-state index in [4.69, 9.17) is 9.15 Å². The van der Waals surface area contributed by atoms with E-state index in [1.54, 1.807) is 42.9 Å². The van der Waals surface area contributed by atoms with Gasteiger partial charge in [0.05, 0.1) is 12.2 Å². The molecule has 0 aromatic carbocycles. The van der Waals surface area contributed by atoms with Gasteiger partial charge in [0.1, 0.15) is 12.4 Å². The van der Waals surface area contributed by atoms with Crippen molar-refractivity contribution in [3.8, 4) is 5.75 Å². The number of fused-ring (bicyclic) bond motifs is 1. The maximum atomic E-state index is 11.4. The smallest absolute Gasteiger partial charge is 0.407 e. The van der Waals surface area contributed by atoms with Crippen LogP contribution in [0.1, 0.15) is 0 Å². The monoisotopic (exact) mass is 355 g/mol. The topological polar surface area (TPSA) is 105 Å². The van der Waals surface area contributed by atoms with Crippen molar-refractivity contribution >= 4 is 23.3 Å². The van der Waals surface area contributed by atoms with Gasteiger partial charge in [0.2, 0.25) is 5.65 Å². The molecule has 4 rings (SSSR count). The maximum Gasteiger partial charge on any atom is 0.407 e. The first kappa shape index (κ1) is 16.1. The highest BCUT2D eigenvalue weighted by Crippen LogP contribution is 2.24. The third-order valence-electron chi connectivity index (χ3n) is 4.23. The Kier molecular flexibility index (Phi) is 4.26. The minimum Gasteiger partial charge on any atom is -0.490 e. The van der Waals surface area contributed by atoms with Crippen LogP contribution < -0.4 is 9.64 Å². The average molecular weight is 355 g/mol. The summed E-state index contributed by atoms with van der Waals surface area (Å²) >= 11 is 0. The highest BCUT2D eigenvalue weighted by Gasteiger charge is 2.33. The molecule has 26 heavy (non-hydrogen) atoms. The molecule has 1 aliphatic heterocycles. The van der Waals surface area contributed by atoms with Crippen LogP contribution >= 0.6 is 0 Å². The molecule has 9 nitrogen and oxygen atoms in total. The number of aromatic nitrogens is 3.